The summed E-state index contributed by atoms with van der Waals surface area (Å²) >= 11 is 6.38. The molecule has 2 N–H and O–H groups in total. The van der Waals surface area contributed by atoms with Crippen LogP contribution in [-0.2, 0) is 9.59 Å². The largest absolute Gasteiger partial charge is 0.493 e. The van der Waals surface area contributed by atoms with Gasteiger partial charge in [0.15, 0.2) is 11.5 Å². The van der Waals surface area contributed by atoms with Gasteiger partial charge in [-0.05, 0) is 47.9 Å². The van der Waals surface area contributed by atoms with Crippen LogP contribution in [-0.4, -0.2) is 46.9 Å². The van der Waals surface area contributed by atoms with Crippen LogP contribution < -0.4 is 15.0 Å². The van der Waals surface area contributed by atoms with Crippen molar-refractivity contribution in [2.45, 2.75) is 31.7 Å². The van der Waals surface area contributed by atoms with E-state index in [-0.39, 0.29) is 37.1 Å². The number of amides is 1. The summed E-state index contributed by atoms with van der Waals surface area (Å²) in [6, 6.07) is 19.6. The van der Waals surface area contributed by atoms with E-state index in [4.69, 9.17) is 31.3 Å². The van der Waals surface area contributed by atoms with Crippen molar-refractivity contribution in [2.24, 2.45) is 5.10 Å². The number of methoxy groups -OCH3 is 2. The van der Waals surface area contributed by atoms with Gasteiger partial charge >= 0.3 is 5.97 Å². The van der Waals surface area contributed by atoms with Crippen LogP contribution in [0.2, 0.25) is 5.02 Å². The Hall–Kier alpha value is -4.63. The Labute approximate surface area is 241 Å². The zero-order chi connectivity index (χ0) is 29.1. The SMILES string of the molecule is COc1ccc([C@H]2CC(c3c(-c4ccccc4)c4cc(Cl)ccc4[nH]c3=O)=NN2C(=O)CCCC(=O)O)cc1OC. The first-order valence-electron chi connectivity index (χ1n) is 13.0. The number of aromatic amines is 1. The molecular weight excluding hydrogens is 546 g/mol. The smallest absolute Gasteiger partial charge is 0.303 e. The maximum atomic E-state index is 13.7. The van der Waals surface area contributed by atoms with E-state index in [1.165, 1.54) is 19.2 Å². The van der Waals surface area contributed by atoms with Gasteiger partial charge in [0, 0.05) is 40.8 Å². The maximum absolute atomic E-state index is 13.7. The third-order valence-electron chi connectivity index (χ3n) is 7.07. The van der Waals surface area contributed by atoms with Crippen LogP contribution >= 0.6 is 11.6 Å². The van der Waals surface area contributed by atoms with E-state index in [1.807, 2.05) is 36.4 Å². The number of benzene rings is 3. The number of carboxylic acid groups (broad SMARTS) is 1. The highest BCUT2D eigenvalue weighted by molar-refractivity contribution is 6.31. The molecule has 4 aromatic rings. The van der Waals surface area contributed by atoms with Gasteiger partial charge in [-0.2, -0.15) is 5.10 Å². The molecule has 210 valence electrons. The molecule has 0 unspecified atom stereocenters. The number of ether oxygens (including phenoxy) is 2. The van der Waals surface area contributed by atoms with Crippen LogP contribution in [0.1, 0.15) is 42.9 Å². The van der Waals surface area contributed by atoms with E-state index in [0.29, 0.717) is 38.9 Å². The molecular formula is C31H28ClN3O6. The number of aromatic nitrogens is 1. The Morgan fingerprint density at radius 2 is 1.76 bits per heavy atom. The van der Waals surface area contributed by atoms with Crippen LogP contribution in [0, 0.1) is 0 Å². The lowest BCUT2D eigenvalue weighted by Crippen LogP contribution is -2.27. The molecule has 1 aliphatic rings. The van der Waals surface area contributed by atoms with Crippen LogP contribution in [0.25, 0.3) is 22.0 Å². The molecule has 0 spiro atoms. The minimum absolute atomic E-state index is 0.0118. The van der Waals surface area contributed by atoms with E-state index in [1.54, 1.807) is 30.3 Å². The number of H-pyrrole nitrogens is 1. The topological polar surface area (TPSA) is 121 Å². The number of carbonyl (C=O) groups excluding carboxylic acids is 1. The normalized spacial score (nSPS) is 14.7. The molecule has 0 saturated carbocycles. The number of fused-ring (bicyclic) bond motifs is 1. The number of hydrogen-bond acceptors (Lipinski definition) is 6. The van der Waals surface area contributed by atoms with E-state index in [9.17, 15) is 14.4 Å². The van der Waals surface area contributed by atoms with Crippen molar-refractivity contribution in [3.05, 3.63) is 93.2 Å². The van der Waals surface area contributed by atoms with Gasteiger partial charge < -0.3 is 19.6 Å². The van der Waals surface area contributed by atoms with Gasteiger partial charge in [0.1, 0.15) is 0 Å². The third kappa shape index (κ3) is 5.67. The predicted molar refractivity (Wildman–Crippen MR) is 157 cm³/mol. The number of halogens is 1. The predicted octanol–water partition coefficient (Wildman–Crippen LogP) is 5.80. The first kappa shape index (κ1) is 27.9. The lowest BCUT2D eigenvalue weighted by atomic mass is 9.91. The minimum atomic E-state index is -0.978. The highest BCUT2D eigenvalue weighted by Crippen LogP contribution is 2.40. The summed E-state index contributed by atoms with van der Waals surface area (Å²) in [5.74, 6) is -0.305. The Morgan fingerprint density at radius 3 is 2.46 bits per heavy atom. The van der Waals surface area contributed by atoms with Gasteiger partial charge in [0.2, 0.25) is 5.91 Å². The fourth-order valence-electron chi connectivity index (χ4n) is 5.16. The van der Waals surface area contributed by atoms with Gasteiger partial charge in [-0.15, -0.1) is 0 Å². The Morgan fingerprint density at radius 1 is 1.00 bits per heavy atom. The summed E-state index contributed by atoms with van der Waals surface area (Å²) in [7, 11) is 3.06. The summed E-state index contributed by atoms with van der Waals surface area (Å²) in [6.07, 6.45) is 0.260. The molecule has 41 heavy (non-hydrogen) atoms. The molecule has 1 aromatic heterocycles. The molecule has 0 radical (unpaired) electrons. The molecule has 0 saturated heterocycles. The fourth-order valence-corrected chi connectivity index (χ4v) is 5.33. The molecule has 1 aliphatic heterocycles. The summed E-state index contributed by atoms with van der Waals surface area (Å²) in [4.78, 5) is 41.1. The van der Waals surface area contributed by atoms with E-state index < -0.39 is 12.0 Å². The maximum Gasteiger partial charge on any atom is 0.303 e. The fraction of sp³-hybridized carbons (Fsp3) is 0.226. The van der Waals surface area contributed by atoms with Crippen molar-refractivity contribution in [3.63, 3.8) is 0 Å². The van der Waals surface area contributed by atoms with Crippen molar-refractivity contribution in [2.75, 3.05) is 14.2 Å². The van der Waals surface area contributed by atoms with E-state index in [0.717, 1.165) is 16.5 Å². The number of nitrogens with one attached hydrogen (secondary N) is 1. The van der Waals surface area contributed by atoms with Crippen LogP contribution in [0.5, 0.6) is 11.5 Å². The molecule has 10 heteroatoms. The van der Waals surface area contributed by atoms with Gasteiger partial charge in [-0.3, -0.25) is 14.4 Å². The summed E-state index contributed by atoms with van der Waals surface area (Å²) in [5.41, 5.74) is 3.25. The lowest BCUT2D eigenvalue weighted by molar-refractivity contribution is -0.137. The summed E-state index contributed by atoms with van der Waals surface area (Å²) in [6.45, 7) is 0. The Kier molecular flexibility index (Phi) is 8.07. The molecule has 0 fully saturated rings. The first-order valence-corrected chi connectivity index (χ1v) is 13.4. The number of rotatable bonds is 9. The van der Waals surface area contributed by atoms with Crippen molar-refractivity contribution >= 4 is 40.1 Å². The number of aliphatic carboxylic acids is 1. The average Bonchev–Trinajstić information content (AvgIpc) is 3.41. The second-order valence-corrected chi connectivity index (χ2v) is 10.1. The number of nitrogens with zero attached hydrogens (tertiary/aromatic N) is 2. The second kappa shape index (κ2) is 11.9. The van der Waals surface area contributed by atoms with Crippen molar-refractivity contribution < 1.29 is 24.2 Å². The van der Waals surface area contributed by atoms with Crippen molar-refractivity contribution in [1.82, 2.24) is 9.99 Å². The lowest BCUT2D eigenvalue weighted by Gasteiger charge is -2.23. The highest BCUT2D eigenvalue weighted by Gasteiger charge is 2.35. The first-order chi connectivity index (χ1) is 19.8. The van der Waals surface area contributed by atoms with Gasteiger partial charge in [0.25, 0.3) is 5.56 Å². The Bertz CT molecular complexity index is 1720. The van der Waals surface area contributed by atoms with Gasteiger partial charge in [-0.25, -0.2) is 5.01 Å². The number of hydrazone groups is 1. The zero-order valence-corrected chi connectivity index (χ0v) is 23.3. The molecule has 1 atom stereocenters. The van der Waals surface area contributed by atoms with Crippen molar-refractivity contribution in [1.29, 1.82) is 0 Å². The monoisotopic (exact) mass is 573 g/mol. The molecule has 0 bridgehead atoms. The van der Waals surface area contributed by atoms with E-state index >= 15 is 0 Å². The second-order valence-electron chi connectivity index (χ2n) is 9.63. The zero-order valence-electron chi connectivity index (χ0n) is 22.5. The standard InChI is InChI=1S/C31H28ClN3O6/c1-40-25-14-11-19(15-26(25)41-2)24-17-23(34-35(24)27(36)9-6-10-28(37)38)30-29(18-7-4-3-5-8-18)21-16-20(32)12-13-22(21)33-31(30)39/h3-5,7-8,11-16,24H,6,9-10,17H2,1-2H3,(H,33,39)(H,37,38)/t24-/m1/s1. The summed E-state index contributed by atoms with van der Waals surface area (Å²) < 4.78 is 10.9. The number of carboxylic acids is 1. The van der Waals surface area contributed by atoms with Crippen LogP contribution in [0.4, 0.5) is 0 Å². The van der Waals surface area contributed by atoms with Crippen molar-refractivity contribution in [3.8, 4) is 22.6 Å². The molecule has 9 nitrogen and oxygen atoms in total. The molecule has 1 amide bonds. The van der Waals surface area contributed by atoms with Crippen LogP contribution in [0.15, 0.2) is 76.6 Å². The quantitative estimate of drug-likeness (QED) is 0.261. The third-order valence-corrected chi connectivity index (χ3v) is 7.30. The molecule has 3 aromatic carbocycles. The number of carbonyl (C=O) groups is 2. The summed E-state index contributed by atoms with van der Waals surface area (Å²) in [5, 5.41) is 16.4. The molecule has 5 rings (SSSR count). The van der Waals surface area contributed by atoms with Crippen LogP contribution in [0.3, 0.4) is 0 Å². The molecule has 2 heterocycles. The van der Waals surface area contributed by atoms with Gasteiger partial charge in [-0.1, -0.05) is 48.0 Å². The Balaban J connectivity index is 1.67. The number of pyridine rings is 1. The number of hydrogen-bond donors (Lipinski definition) is 2. The van der Waals surface area contributed by atoms with E-state index in [2.05, 4.69) is 4.98 Å². The molecule has 0 aliphatic carbocycles. The average molecular weight is 574 g/mol. The highest BCUT2D eigenvalue weighted by atomic mass is 35.5. The minimum Gasteiger partial charge on any atom is -0.493 e. The van der Waals surface area contributed by atoms with Gasteiger partial charge in [0.05, 0.1) is 31.5 Å².